The number of hydrogen-bond acceptors (Lipinski definition) is 3. The lowest BCUT2D eigenvalue weighted by Gasteiger charge is -2.32. The second-order valence-electron chi connectivity index (χ2n) is 4.59. The number of nitrogens with zero attached hydrogens (tertiary/aromatic N) is 1. The summed E-state index contributed by atoms with van der Waals surface area (Å²) < 4.78 is 5.72. The third-order valence-corrected chi connectivity index (χ3v) is 3.33. The third-order valence-electron chi connectivity index (χ3n) is 3.33. The molecule has 0 saturated carbocycles. The molecular formula is C14H23ClN2O. The topological polar surface area (TPSA) is 24.5 Å². The number of likely N-dealkylation sites (N-methyl/N-ethyl adjacent to an activating group) is 1. The molecular weight excluding hydrogens is 248 g/mol. The summed E-state index contributed by atoms with van der Waals surface area (Å²) in [7, 11) is 2.05. The van der Waals surface area contributed by atoms with Crippen LogP contribution in [0.25, 0.3) is 0 Å². The fourth-order valence-corrected chi connectivity index (χ4v) is 2.30. The van der Waals surface area contributed by atoms with Crippen molar-refractivity contribution in [3.05, 3.63) is 30.3 Å². The molecule has 102 valence electrons. The Hall–Kier alpha value is -0.770. The lowest BCUT2D eigenvalue weighted by molar-refractivity contribution is 0.162. The molecule has 1 saturated heterocycles. The minimum Gasteiger partial charge on any atom is -0.492 e. The van der Waals surface area contributed by atoms with Crippen LogP contribution < -0.4 is 10.1 Å². The number of benzene rings is 1. The number of rotatable bonds is 5. The Morgan fingerprint density at radius 3 is 2.83 bits per heavy atom. The molecule has 3 nitrogen and oxygen atoms in total. The van der Waals surface area contributed by atoms with Gasteiger partial charge in [-0.15, -0.1) is 12.4 Å². The molecule has 0 spiro atoms. The monoisotopic (exact) mass is 270 g/mol. The highest BCUT2D eigenvalue weighted by atomic mass is 35.5. The van der Waals surface area contributed by atoms with Gasteiger partial charge < -0.3 is 10.1 Å². The summed E-state index contributed by atoms with van der Waals surface area (Å²) >= 11 is 0. The maximum atomic E-state index is 5.72. The van der Waals surface area contributed by atoms with Gasteiger partial charge in [-0.2, -0.15) is 0 Å². The van der Waals surface area contributed by atoms with Gasteiger partial charge in [0.2, 0.25) is 0 Å². The molecule has 1 unspecified atom stereocenters. The van der Waals surface area contributed by atoms with E-state index in [1.165, 1.54) is 19.4 Å². The molecule has 1 aliphatic rings. The van der Waals surface area contributed by atoms with Crippen LogP contribution >= 0.6 is 12.4 Å². The van der Waals surface area contributed by atoms with Gasteiger partial charge in [0.1, 0.15) is 12.4 Å². The Kier molecular flexibility index (Phi) is 7.09. The Morgan fingerprint density at radius 1 is 1.33 bits per heavy atom. The van der Waals surface area contributed by atoms with Gasteiger partial charge in [0.05, 0.1) is 0 Å². The van der Waals surface area contributed by atoms with Crippen molar-refractivity contribution in [2.24, 2.45) is 0 Å². The van der Waals surface area contributed by atoms with Crippen molar-refractivity contribution in [1.82, 2.24) is 10.2 Å². The lowest BCUT2D eigenvalue weighted by Crippen LogP contribution is -2.45. The van der Waals surface area contributed by atoms with Gasteiger partial charge in [-0.1, -0.05) is 18.2 Å². The van der Waals surface area contributed by atoms with E-state index in [1.807, 2.05) is 30.3 Å². The largest absolute Gasteiger partial charge is 0.492 e. The zero-order chi connectivity index (χ0) is 11.9. The highest BCUT2D eigenvalue weighted by Gasteiger charge is 2.17. The predicted octanol–water partition coefficient (Wildman–Crippen LogP) is 2.17. The van der Waals surface area contributed by atoms with Gasteiger partial charge in [-0.25, -0.2) is 0 Å². The second kappa shape index (κ2) is 8.35. The van der Waals surface area contributed by atoms with Crippen molar-refractivity contribution in [3.8, 4) is 5.75 Å². The predicted molar refractivity (Wildman–Crippen MR) is 77.7 cm³/mol. The van der Waals surface area contributed by atoms with E-state index < -0.39 is 0 Å². The Bertz CT molecular complexity index is 321. The quantitative estimate of drug-likeness (QED) is 0.888. The van der Waals surface area contributed by atoms with Crippen LogP contribution in [0.3, 0.4) is 0 Å². The first-order valence-corrected chi connectivity index (χ1v) is 6.46. The second-order valence-corrected chi connectivity index (χ2v) is 4.59. The van der Waals surface area contributed by atoms with Crippen molar-refractivity contribution in [2.75, 3.05) is 33.3 Å². The van der Waals surface area contributed by atoms with E-state index in [-0.39, 0.29) is 12.4 Å². The summed E-state index contributed by atoms with van der Waals surface area (Å²) in [6.07, 6.45) is 2.59. The van der Waals surface area contributed by atoms with Crippen LogP contribution in [0, 0.1) is 0 Å². The molecule has 1 fully saturated rings. The van der Waals surface area contributed by atoms with Crippen LogP contribution in [-0.4, -0.2) is 44.2 Å². The zero-order valence-corrected chi connectivity index (χ0v) is 11.8. The summed E-state index contributed by atoms with van der Waals surface area (Å²) in [6.45, 7) is 4.15. The first-order chi connectivity index (χ1) is 8.38. The molecule has 18 heavy (non-hydrogen) atoms. The number of hydrogen-bond donors (Lipinski definition) is 1. The van der Waals surface area contributed by atoms with Crippen molar-refractivity contribution in [3.63, 3.8) is 0 Å². The van der Waals surface area contributed by atoms with E-state index in [1.54, 1.807) is 0 Å². The molecule has 0 radical (unpaired) electrons. The number of ether oxygens (including phenoxy) is 1. The minimum atomic E-state index is 0. The third kappa shape index (κ3) is 4.84. The highest BCUT2D eigenvalue weighted by Crippen LogP contribution is 2.11. The van der Waals surface area contributed by atoms with E-state index >= 15 is 0 Å². The van der Waals surface area contributed by atoms with E-state index in [2.05, 4.69) is 17.3 Å². The molecule has 2 rings (SSSR count). The Balaban J connectivity index is 0.00000162. The summed E-state index contributed by atoms with van der Waals surface area (Å²) in [5.74, 6) is 0.967. The number of piperidine rings is 1. The maximum absolute atomic E-state index is 5.72. The maximum Gasteiger partial charge on any atom is 0.119 e. The molecule has 0 amide bonds. The fourth-order valence-electron chi connectivity index (χ4n) is 2.30. The average molecular weight is 271 g/mol. The molecule has 0 aromatic heterocycles. The minimum absolute atomic E-state index is 0. The van der Waals surface area contributed by atoms with Crippen LogP contribution in [0.2, 0.25) is 0 Å². The van der Waals surface area contributed by atoms with Crippen LogP contribution in [0.15, 0.2) is 30.3 Å². The van der Waals surface area contributed by atoms with Crippen molar-refractivity contribution >= 4 is 12.4 Å². The van der Waals surface area contributed by atoms with Crippen molar-refractivity contribution < 1.29 is 4.74 Å². The molecule has 1 heterocycles. The van der Waals surface area contributed by atoms with Gasteiger partial charge in [0.15, 0.2) is 0 Å². The van der Waals surface area contributed by atoms with Gasteiger partial charge >= 0.3 is 0 Å². The van der Waals surface area contributed by atoms with Crippen LogP contribution in [0.5, 0.6) is 5.75 Å². The molecule has 1 aliphatic heterocycles. The van der Waals surface area contributed by atoms with Gasteiger partial charge in [0, 0.05) is 19.1 Å². The average Bonchev–Trinajstić information content (AvgIpc) is 2.40. The first-order valence-electron chi connectivity index (χ1n) is 6.46. The molecule has 0 aliphatic carbocycles. The molecule has 1 aromatic carbocycles. The van der Waals surface area contributed by atoms with E-state index in [9.17, 15) is 0 Å². The van der Waals surface area contributed by atoms with Crippen LogP contribution in [0.4, 0.5) is 0 Å². The molecule has 1 aromatic rings. The summed E-state index contributed by atoms with van der Waals surface area (Å²) in [5.41, 5.74) is 0. The van der Waals surface area contributed by atoms with E-state index in [0.29, 0.717) is 6.04 Å². The SMILES string of the molecule is CNC1CCCN(CCOc2ccccc2)C1.Cl. The van der Waals surface area contributed by atoms with Gasteiger partial charge in [0.25, 0.3) is 0 Å². The summed E-state index contributed by atoms with van der Waals surface area (Å²) in [4.78, 5) is 2.48. The lowest BCUT2D eigenvalue weighted by atomic mass is 10.1. The van der Waals surface area contributed by atoms with Crippen LogP contribution in [0.1, 0.15) is 12.8 Å². The van der Waals surface area contributed by atoms with Gasteiger partial charge in [-0.3, -0.25) is 4.90 Å². The smallest absolute Gasteiger partial charge is 0.119 e. The molecule has 1 atom stereocenters. The fraction of sp³-hybridized carbons (Fsp3) is 0.571. The molecule has 1 N–H and O–H groups in total. The van der Waals surface area contributed by atoms with E-state index in [4.69, 9.17) is 4.74 Å². The number of halogens is 1. The number of likely N-dealkylation sites (tertiary alicyclic amines) is 1. The summed E-state index contributed by atoms with van der Waals surface area (Å²) in [5, 5.41) is 3.36. The zero-order valence-electron chi connectivity index (χ0n) is 11.0. The molecule has 0 bridgehead atoms. The summed E-state index contributed by atoms with van der Waals surface area (Å²) in [6, 6.07) is 10.7. The highest BCUT2D eigenvalue weighted by molar-refractivity contribution is 5.85. The van der Waals surface area contributed by atoms with Crippen molar-refractivity contribution in [2.45, 2.75) is 18.9 Å². The number of para-hydroxylation sites is 1. The van der Waals surface area contributed by atoms with Crippen molar-refractivity contribution in [1.29, 1.82) is 0 Å². The normalized spacial score (nSPS) is 20.2. The Morgan fingerprint density at radius 2 is 2.11 bits per heavy atom. The van der Waals surface area contributed by atoms with Gasteiger partial charge in [-0.05, 0) is 38.6 Å². The Labute approximate surface area is 116 Å². The first kappa shape index (κ1) is 15.3. The number of nitrogens with one attached hydrogen (secondary N) is 1. The molecule has 4 heteroatoms. The van der Waals surface area contributed by atoms with Crippen LogP contribution in [-0.2, 0) is 0 Å². The standard InChI is InChI=1S/C14H22N2O.ClH/c1-15-13-6-5-9-16(12-13)10-11-17-14-7-3-2-4-8-14;/h2-4,7-8,13,15H,5-6,9-12H2,1H3;1H. The van der Waals surface area contributed by atoms with E-state index in [0.717, 1.165) is 25.4 Å².